The van der Waals surface area contributed by atoms with Gasteiger partial charge in [-0.1, -0.05) is 45.0 Å². The second-order valence-corrected chi connectivity index (χ2v) is 6.68. The van der Waals surface area contributed by atoms with Crippen LogP contribution in [0.15, 0.2) is 53.4 Å². The molecular weight excluding hydrogens is 300 g/mol. The molecule has 2 aromatic carbocycles. The molecule has 23 heavy (non-hydrogen) atoms. The van der Waals surface area contributed by atoms with E-state index in [-0.39, 0.29) is 5.78 Å². The van der Waals surface area contributed by atoms with E-state index in [1.54, 1.807) is 17.8 Å². The van der Waals surface area contributed by atoms with Crippen LogP contribution in [0.25, 0.3) is 6.08 Å². The molecule has 0 unspecified atom stereocenters. The lowest BCUT2D eigenvalue weighted by atomic mass is 9.96. The Hall–Kier alpha value is -1.80. The molecule has 0 fully saturated rings. The first-order valence-electron chi connectivity index (χ1n) is 8.25. The molecule has 0 aliphatic carbocycles. The van der Waals surface area contributed by atoms with Gasteiger partial charge in [0.05, 0.1) is 0 Å². The van der Waals surface area contributed by atoms with Gasteiger partial charge in [0.2, 0.25) is 0 Å². The van der Waals surface area contributed by atoms with Crippen LogP contribution in [0, 0.1) is 0 Å². The Bertz CT molecular complexity index is 683. The minimum atomic E-state index is 0.0574. The van der Waals surface area contributed by atoms with E-state index in [1.165, 1.54) is 16.0 Å². The molecule has 1 nitrogen and oxygen atoms in total. The van der Waals surface area contributed by atoms with Crippen molar-refractivity contribution in [1.29, 1.82) is 0 Å². The smallest absolute Gasteiger partial charge is 0.185 e. The van der Waals surface area contributed by atoms with Crippen LogP contribution in [0.4, 0.5) is 0 Å². The van der Waals surface area contributed by atoms with Gasteiger partial charge in [0.15, 0.2) is 5.78 Å². The summed E-state index contributed by atoms with van der Waals surface area (Å²) in [6.07, 6.45) is 5.65. The van der Waals surface area contributed by atoms with Crippen LogP contribution in [0.2, 0.25) is 0 Å². The summed E-state index contributed by atoms with van der Waals surface area (Å²) >= 11 is 1.79. The van der Waals surface area contributed by atoms with E-state index in [0.29, 0.717) is 0 Å². The predicted octanol–water partition coefficient (Wildman–Crippen LogP) is 5.82. The minimum Gasteiger partial charge on any atom is -0.289 e. The van der Waals surface area contributed by atoms with Gasteiger partial charge in [-0.25, -0.2) is 0 Å². The first kappa shape index (κ1) is 17.6. The average molecular weight is 324 g/mol. The number of carbonyl (C=O) groups is 1. The largest absolute Gasteiger partial charge is 0.289 e. The first-order chi connectivity index (χ1) is 11.2. The molecule has 0 saturated carbocycles. The highest BCUT2D eigenvalue weighted by atomic mass is 32.2. The normalized spacial score (nSPS) is 11.1. The summed E-state index contributed by atoms with van der Waals surface area (Å²) in [5.74, 6) is 1.10. The lowest BCUT2D eigenvalue weighted by Gasteiger charge is -2.09. The number of hydrogen-bond donors (Lipinski definition) is 0. The second-order valence-electron chi connectivity index (χ2n) is 5.35. The Balaban J connectivity index is 2.18. The summed E-state index contributed by atoms with van der Waals surface area (Å²) in [5.41, 5.74) is 4.60. The molecule has 0 N–H and O–H groups in total. The zero-order valence-electron chi connectivity index (χ0n) is 14.1. The lowest BCUT2D eigenvalue weighted by Crippen LogP contribution is -1.96. The van der Waals surface area contributed by atoms with Gasteiger partial charge in [0.1, 0.15) is 0 Å². The molecule has 0 heterocycles. The van der Waals surface area contributed by atoms with Gasteiger partial charge in [-0.3, -0.25) is 4.79 Å². The molecule has 0 saturated heterocycles. The van der Waals surface area contributed by atoms with Crippen LogP contribution >= 0.6 is 11.8 Å². The monoisotopic (exact) mass is 324 g/mol. The molecule has 0 aliphatic heterocycles. The average Bonchev–Trinajstić information content (AvgIpc) is 2.60. The molecule has 0 spiro atoms. The third-order valence-electron chi connectivity index (χ3n) is 3.91. The highest BCUT2D eigenvalue weighted by Gasteiger charge is 2.05. The maximum absolute atomic E-state index is 12.3. The van der Waals surface area contributed by atoms with Crippen LogP contribution in [-0.4, -0.2) is 11.5 Å². The molecule has 2 aromatic rings. The Morgan fingerprint density at radius 3 is 2.35 bits per heavy atom. The van der Waals surface area contributed by atoms with E-state index < -0.39 is 0 Å². The van der Waals surface area contributed by atoms with Gasteiger partial charge < -0.3 is 0 Å². The molecule has 0 amide bonds. The molecule has 120 valence electrons. The molecule has 0 aliphatic rings. The molecule has 0 radical (unpaired) electrons. The number of hydrogen-bond acceptors (Lipinski definition) is 2. The first-order valence-corrected chi connectivity index (χ1v) is 9.24. The SMILES string of the molecule is CCSc1ccc(C(=O)C=Cc2cccc(CC)c2CC)cc1. The van der Waals surface area contributed by atoms with Crippen molar-refractivity contribution in [3.8, 4) is 0 Å². The minimum absolute atomic E-state index is 0.0574. The fraction of sp³-hybridized carbons (Fsp3) is 0.286. The molecular formula is C21H24OS. The van der Waals surface area contributed by atoms with E-state index in [2.05, 4.69) is 39.0 Å². The molecule has 0 bridgehead atoms. The number of aryl methyl sites for hydroxylation is 1. The van der Waals surface area contributed by atoms with Gasteiger partial charge in [0.25, 0.3) is 0 Å². The molecule has 2 heteroatoms. The summed E-state index contributed by atoms with van der Waals surface area (Å²) in [7, 11) is 0. The Kier molecular flexibility index (Phi) is 6.66. The maximum atomic E-state index is 12.3. The van der Waals surface area contributed by atoms with Crippen LogP contribution in [0.5, 0.6) is 0 Å². The van der Waals surface area contributed by atoms with E-state index in [4.69, 9.17) is 0 Å². The Morgan fingerprint density at radius 1 is 1.00 bits per heavy atom. The number of benzene rings is 2. The number of thioether (sulfide) groups is 1. The zero-order valence-corrected chi connectivity index (χ0v) is 15.0. The highest BCUT2D eigenvalue weighted by Crippen LogP contribution is 2.20. The zero-order chi connectivity index (χ0) is 16.7. The van der Waals surface area contributed by atoms with Gasteiger partial charge >= 0.3 is 0 Å². The molecule has 2 rings (SSSR count). The third-order valence-corrected chi connectivity index (χ3v) is 4.80. The predicted molar refractivity (Wildman–Crippen MR) is 101 cm³/mol. The van der Waals surface area contributed by atoms with E-state index in [9.17, 15) is 4.79 Å². The van der Waals surface area contributed by atoms with Crippen molar-refractivity contribution in [1.82, 2.24) is 0 Å². The summed E-state index contributed by atoms with van der Waals surface area (Å²) in [4.78, 5) is 13.6. The summed E-state index contributed by atoms with van der Waals surface area (Å²) in [6, 6.07) is 14.2. The van der Waals surface area contributed by atoms with Gasteiger partial charge in [-0.2, -0.15) is 0 Å². The van der Waals surface area contributed by atoms with Crippen molar-refractivity contribution in [3.63, 3.8) is 0 Å². The van der Waals surface area contributed by atoms with Crippen molar-refractivity contribution >= 4 is 23.6 Å². The molecule has 0 atom stereocenters. The lowest BCUT2D eigenvalue weighted by molar-refractivity contribution is 0.104. The van der Waals surface area contributed by atoms with E-state index in [0.717, 1.165) is 29.7 Å². The van der Waals surface area contributed by atoms with Gasteiger partial charge in [0, 0.05) is 10.5 Å². The standard InChI is InChI=1S/C21H24OS/c1-4-16-8-7-9-17(20(16)5-2)12-15-21(22)18-10-13-19(14-11-18)23-6-3/h7-15H,4-6H2,1-3H3. The Labute approximate surface area is 143 Å². The second kappa shape index (κ2) is 8.73. The van der Waals surface area contributed by atoms with Crippen LogP contribution < -0.4 is 0 Å². The van der Waals surface area contributed by atoms with Crippen LogP contribution in [0.1, 0.15) is 47.8 Å². The summed E-state index contributed by atoms with van der Waals surface area (Å²) in [6.45, 7) is 6.46. The quantitative estimate of drug-likeness (QED) is 0.363. The Morgan fingerprint density at radius 2 is 1.74 bits per heavy atom. The van der Waals surface area contributed by atoms with Crippen molar-refractivity contribution in [2.75, 3.05) is 5.75 Å². The fourth-order valence-corrected chi connectivity index (χ4v) is 3.38. The molecule has 0 aromatic heterocycles. The number of rotatable bonds is 7. The summed E-state index contributed by atoms with van der Waals surface area (Å²) < 4.78 is 0. The van der Waals surface area contributed by atoms with Crippen LogP contribution in [0.3, 0.4) is 0 Å². The van der Waals surface area contributed by atoms with Crippen molar-refractivity contribution in [2.45, 2.75) is 38.5 Å². The van der Waals surface area contributed by atoms with Crippen LogP contribution in [-0.2, 0) is 12.8 Å². The van der Waals surface area contributed by atoms with Crippen molar-refractivity contribution < 1.29 is 4.79 Å². The maximum Gasteiger partial charge on any atom is 0.185 e. The van der Waals surface area contributed by atoms with Gasteiger partial charge in [-0.15, -0.1) is 11.8 Å². The summed E-state index contributed by atoms with van der Waals surface area (Å²) in [5, 5.41) is 0. The number of allylic oxidation sites excluding steroid dienone is 1. The van der Waals surface area contributed by atoms with E-state index >= 15 is 0 Å². The number of ketones is 1. The van der Waals surface area contributed by atoms with E-state index in [1.807, 2.05) is 30.3 Å². The van der Waals surface area contributed by atoms with Crippen molar-refractivity contribution in [3.05, 3.63) is 70.8 Å². The van der Waals surface area contributed by atoms with Gasteiger partial charge in [-0.05, 0) is 65.6 Å². The van der Waals surface area contributed by atoms with Crippen molar-refractivity contribution in [2.24, 2.45) is 0 Å². The highest BCUT2D eigenvalue weighted by molar-refractivity contribution is 7.99. The fourth-order valence-electron chi connectivity index (χ4n) is 2.72. The third kappa shape index (κ3) is 4.59. The topological polar surface area (TPSA) is 17.1 Å². The number of carbonyl (C=O) groups excluding carboxylic acids is 1.